The number of carbonyl (C=O) groups excluding carboxylic acids is 2. The van der Waals surface area contributed by atoms with Crippen molar-refractivity contribution in [1.82, 2.24) is 10.2 Å². The Labute approximate surface area is 159 Å². The summed E-state index contributed by atoms with van der Waals surface area (Å²) in [5.74, 6) is 0.570. The molecule has 138 valence electrons. The van der Waals surface area contributed by atoms with Gasteiger partial charge in [0, 0.05) is 18.0 Å². The quantitative estimate of drug-likeness (QED) is 0.848. The summed E-state index contributed by atoms with van der Waals surface area (Å²) >= 11 is 1.56. The third-order valence-electron chi connectivity index (χ3n) is 4.96. The molecule has 26 heavy (non-hydrogen) atoms. The first kappa shape index (κ1) is 18.6. The van der Waals surface area contributed by atoms with Crippen LogP contribution in [0.15, 0.2) is 47.8 Å². The van der Waals surface area contributed by atoms with Crippen molar-refractivity contribution < 1.29 is 9.59 Å². The average Bonchev–Trinajstić information content (AvgIpc) is 3.15. The number of rotatable bonds is 6. The van der Waals surface area contributed by atoms with E-state index >= 15 is 0 Å². The molecule has 1 atom stereocenters. The molecule has 1 N–H and O–H groups in total. The Morgan fingerprint density at radius 3 is 2.54 bits per heavy atom. The highest BCUT2D eigenvalue weighted by atomic mass is 32.1. The van der Waals surface area contributed by atoms with Gasteiger partial charge in [-0.15, -0.1) is 11.3 Å². The lowest BCUT2D eigenvalue weighted by Gasteiger charge is -2.33. The third-order valence-corrected chi connectivity index (χ3v) is 5.83. The Balaban J connectivity index is 1.43. The van der Waals surface area contributed by atoms with Crippen LogP contribution in [0.3, 0.4) is 0 Å². The Kier molecular flexibility index (Phi) is 6.45. The van der Waals surface area contributed by atoms with Gasteiger partial charge in [0.05, 0.1) is 6.42 Å². The summed E-state index contributed by atoms with van der Waals surface area (Å²) in [6, 6.07) is 13.9. The van der Waals surface area contributed by atoms with Crippen molar-refractivity contribution in [2.45, 2.75) is 38.6 Å². The van der Waals surface area contributed by atoms with Crippen LogP contribution in [0.25, 0.3) is 0 Å². The van der Waals surface area contributed by atoms with Gasteiger partial charge in [0.2, 0.25) is 11.8 Å². The van der Waals surface area contributed by atoms with Crippen LogP contribution in [0.5, 0.6) is 0 Å². The van der Waals surface area contributed by atoms with E-state index in [1.807, 2.05) is 28.5 Å². The molecule has 1 saturated heterocycles. The molecule has 2 amide bonds. The summed E-state index contributed by atoms with van der Waals surface area (Å²) in [5, 5.41) is 4.80. The highest BCUT2D eigenvalue weighted by Gasteiger charge is 2.26. The lowest BCUT2D eigenvalue weighted by molar-refractivity contribution is -0.137. The van der Waals surface area contributed by atoms with Crippen molar-refractivity contribution in [3.8, 4) is 0 Å². The predicted molar refractivity (Wildman–Crippen MR) is 105 cm³/mol. The van der Waals surface area contributed by atoms with Gasteiger partial charge in [-0.25, -0.2) is 0 Å². The molecule has 0 aliphatic carbocycles. The number of benzene rings is 1. The summed E-state index contributed by atoms with van der Waals surface area (Å²) in [5.41, 5.74) is 1.37. The maximum atomic E-state index is 12.6. The molecule has 1 fully saturated rings. The molecule has 2 heterocycles. The van der Waals surface area contributed by atoms with Crippen LogP contribution in [0.2, 0.25) is 0 Å². The first-order valence-corrected chi connectivity index (χ1v) is 10.1. The fourth-order valence-electron chi connectivity index (χ4n) is 3.50. The van der Waals surface area contributed by atoms with Crippen LogP contribution in [-0.4, -0.2) is 35.8 Å². The van der Waals surface area contributed by atoms with Crippen LogP contribution in [0.4, 0.5) is 0 Å². The van der Waals surface area contributed by atoms with E-state index in [0.29, 0.717) is 12.3 Å². The van der Waals surface area contributed by atoms with E-state index in [2.05, 4.69) is 29.6 Å². The second-order valence-corrected chi connectivity index (χ2v) is 8.04. The first-order chi connectivity index (χ1) is 12.6. The van der Waals surface area contributed by atoms with Gasteiger partial charge in [-0.05, 0) is 49.1 Å². The first-order valence-electron chi connectivity index (χ1n) is 9.26. The van der Waals surface area contributed by atoms with Gasteiger partial charge in [-0.1, -0.05) is 36.4 Å². The van der Waals surface area contributed by atoms with Crippen LogP contribution in [-0.2, 0) is 22.4 Å². The Bertz CT molecular complexity index is 707. The lowest BCUT2D eigenvalue weighted by Crippen LogP contribution is -2.49. The van der Waals surface area contributed by atoms with Gasteiger partial charge in [-0.2, -0.15) is 0 Å². The van der Waals surface area contributed by atoms with Crippen LogP contribution in [0, 0.1) is 5.92 Å². The molecule has 5 heteroatoms. The van der Waals surface area contributed by atoms with Gasteiger partial charge in [-0.3, -0.25) is 9.59 Å². The minimum atomic E-state index is -0.465. The Hall–Kier alpha value is -2.14. The minimum absolute atomic E-state index is 0.0303. The summed E-state index contributed by atoms with van der Waals surface area (Å²) in [7, 11) is 0. The largest absolute Gasteiger partial charge is 0.344 e. The summed E-state index contributed by atoms with van der Waals surface area (Å²) in [6.07, 6.45) is 3.47. The topological polar surface area (TPSA) is 49.4 Å². The summed E-state index contributed by atoms with van der Waals surface area (Å²) < 4.78 is 0. The summed E-state index contributed by atoms with van der Waals surface area (Å²) in [6.45, 7) is 3.34. The standard InChI is InChI=1S/C21H26N2O2S/c1-16(22-20(24)15-19-8-5-13-26-19)21(25)23-11-9-18(10-12-23)14-17-6-3-2-4-7-17/h2-8,13,16,18H,9-12,14-15H2,1H3,(H,22,24)/t16-/m0/s1. The van der Waals surface area contributed by atoms with E-state index in [1.165, 1.54) is 5.56 Å². The maximum absolute atomic E-state index is 12.6. The molecule has 1 aliphatic heterocycles. The van der Waals surface area contributed by atoms with E-state index in [-0.39, 0.29) is 11.8 Å². The van der Waals surface area contributed by atoms with E-state index in [1.54, 1.807) is 18.3 Å². The maximum Gasteiger partial charge on any atom is 0.244 e. The van der Waals surface area contributed by atoms with Crippen molar-refractivity contribution in [2.75, 3.05) is 13.1 Å². The number of carbonyl (C=O) groups is 2. The van der Waals surface area contributed by atoms with Crippen molar-refractivity contribution in [3.05, 3.63) is 58.3 Å². The van der Waals surface area contributed by atoms with E-state index in [4.69, 9.17) is 0 Å². The second-order valence-electron chi connectivity index (χ2n) is 7.00. The fourth-order valence-corrected chi connectivity index (χ4v) is 4.21. The smallest absolute Gasteiger partial charge is 0.244 e. The molecule has 2 aromatic rings. The van der Waals surface area contributed by atoms with Gasteiger partial charge < -0.3 is 10.2 Å². The number of amides is 2. The Morgan fingerprint density at radius 2 is 1.88 bits per heavy atom. The van der Waals surface area contributed by atoms with Crippen LogP contribution in [0.1, 0.15) is 30.2 Å². The zero-order chi connectivity index (χ0) is 18.4. The monoisotopic (exact) mass is 370 g/mol. The number of nitrogens with one attached hydrogen (secondary N) is 1. The molecule has 0 saturated carbocycles. The van der Waals surface area contributed by atoms with Crippen LogP contribution >= 0.6 is 11.3 Å². The molecule has 1 aromatic heterocycles. The van der Waals surface area contributed by atoms with Crippen molar-refractivity contribution in [1.29, 1.82) is 0 Å². The number of hydrogen-bond acceptors (Lipinski definition) is 3. The van der Waals surface area contributed by atoms with E-state index in [9.17, 15) is 9.59 Å². The molecule has 1 aliphatic rings. The third kappa shape index (κ3) is 5.18. The average molecular weight is 371 g/mol. The van der Waals surface area contributed by atoms with Crippen LogP contribution < -0.4 is 5.32 Å². The zero-order valence-electron chi connectivity index (χ0n) is 15.2. The molecule has 0 unspecified atom stereocenters. The number of hydrogen-bond donors (Lipinski definition) is 1. The predicted octanol–water partition coefficient (Wildman–Crippen LogP) is 3.28. The fraction of sp³-hybridized carbons (Fsp3) is 0.429. The second kappa shape index (κ2) is 8.99. The number of piperidine rings is 1. The van der Waals surface area contributed by atoms with Gasteiger partial charge in [0.15, 0.2) is 0 Å². The molecular weight excluding hydrogens is 344 g/mol. The van der Waals surface area contributed by atoms with Crippen molar-refractivity contribution >= 4 is 23.2 Å². The molecule has 1 aromatic carbocycles. The van der Waals surface area contributed by atoms with Gasteiger partial charge in [0.1, 0.15) is 6.04 Å². The molecule has 4 nitrogen and oxygen atoms in total. The van der Waals surface area contributed by atoms with E-state index in [0.717, 1.165) is 37.2 Å². The van der Waals surface area contributed by atoms with Crippen molar-refractivity contribution in [2.24, 2.45) is 5.92 Å². The van der Waals surface area contributed by atoms with E-state index < -0.39 is 6.04 Å². The lowest BCUT2D eigenvalue weighted by atomic mass is 9.90. The molecular formula is C21H26N2O2S. The van der Waals surface area contributed by atoms with Gasteiger partial charge in [0.25, 0.3) is 0 Å². The molecule has 0 radical (unpaired) electrons. The minimum Gasteiger partial charge on any atom is -0.344 e. The SMILES string of the molecule is C[C@H](NC(=O)Cc1cccs1)C(=O)N1CCC(Cc2ccccc2)CC1. The number of likely N-dealkylation sites (tertiary alicyclic amines) is 1. The Morgan fingerprint density at radius 1 is 1.15 bits per heavy atom. The molecule has 0 spiro atoms. The molecule has 0 bridgehead atoms. The summed E-state index contributed by atoms with van der Waals surface area (Å²) in [4.78, 5) is 27.6. The number of nitrogens with zero attached hydrogens (tertiary/aromatic N) is 1. The normalized spacial score (nSPS) is 16.3. The number of thiophene rings is 1. The van der Waals surface area contributed by atoms with Gasteiger partial charge >= 0.3 is 0 Å². The molecule has 3 rings (SSSR count). The highest BCUT2D eigenvalue weighted by Crippen LogP contribution is 2.22. The highest BCUT2D eigenvalue weighted by molar-refractivity contribution is 7.10. The zero-order valence-corrected chi connectivity index (χ0v) is 16.0. The van der Waals surface area contributed by atoms with Crippen molar-refractivity contribution in [3.63, 3.8) is 0 Å².